The smallest absolute Gasteiger partial charge is 0.260 e. The van der Waals surface area contributed by atoms with E-state index in [4.69, 9.17) is 10.5 Å². The van der Waals surface area contributed by atoms with Gasteiger partial charge in [-0.2, -0.15) is 0 Å². The van der Waals surface area contributed by atoms with Gasteiger partial charge in [-0.3, -0.25) is 4.79 Å². The molecular weight excluding hydrogens is 266 g/mol. The molecule has 1 fully saturated rings. The van der Waals surface area contributed by atoms with Gasteiger partial charge in [-0.05, 0) is 24.5 Å². The van der Waals surface area contributed by atoms with E-state index in [-0.39, 0.29) is 11.8 Å². The molecule has 0 aliphatic carbocycles. The molecule has 1 aliphatic heterocycles. The van der Waals surface area contributed by atoms with Crippen LogP contribution in [0.5, 0.6) is 0 Å². The molecule has 1 aromatic rings. The maximum Gasteiger partial charge on any atom is 0.260 e. The van der Waals surface area contributed by atoms with Crippen molar-refractivity contribution in [2.75, 3.05) is 25.9 Å². The molecule has 0 spiro atoms. The SMILES string of the molecule is COC1CN(C(=O)c2c(F)ccc(N)c2F)CCC1C. The minimum atomic E-state index is -0.998. The van der Waals surface area contributed by atoms with Crippen LogP contribution in [0.3, 0.4) is 0 Å². The van der Waals surface area contributed by atoms with E-state index in [0.29, 0.717) is 19.0 Å². The van der Waals surface area contributed by atoms with E-state index in [1.165, 1.54) is 4.90 Å². The number of halogens is 2. The van der Waals surface area contributed by atoms with E-state index in [1.807, 2.05) is 6.92 Å². The number of rotatable bonds is 2. The first-order valence-corrected chi connectivity index (χ1v) is 6.51. The van der Waals surface area contributed by atoms with Crippen molar-refractivity contribution in [2.24, 2.45) is 5.92 Å². The third-order valence-electron chi connectivity index (χ3n) is 3.81. The standard InChI is InChI=1S/C14H18F2N2O2/c1-8-5-6-18(7-11(8)20-2)14(19)12-9(15)3-4-10(17)13(12)16/h3-4,8,11H,5-7,17H2,1-2H3. The Kier molecular flexibility index (Phi) is 4.23. The van der Waals surface area contributed by atoms with Gasteiger partial charge in [0, 0.05) is 20.2 Å². The predicted octanol–water partition coefficient (Wildman–Crippen LogP) is 2.04. The van der Waals surface area contributed by atoms with Gasteiger partial charge in [-0.25, -0.2) is 8.78 Å². The summed E-state index contributed by atoms with van der Waals surface area (Å²) in [5.74, 6) is -2.27. The normalized spacial score (nSPS) is 22.9. The number of nitrogens with two attached hydrogens (primary N) is 1. The highest BCUT2D eigenvalue weighted by atomic mass is 19.1. The lowest BCUT2D eigenvalue weighted by molar-refractivity contribution is -0.00188. The summed E-state index contributed by atoms with van der Waals surface area (Å²) < 4.78 is 32.9. The summed E-state index contributed by atoms with van der Waals surface area (Å²) in [6.45, 7) is 2.80. The number of nitrogen functional groups attached to an aromatic ring is 1. The van der Waals surface area contributed by atoms with Crippen molar-refractivity contribution in [3.05, 3.63) is 29.3 Å². The number of hydrogen-bond donors (Lipinski definition) is 1. The predicted molar refractivity (Wildman–Crippen MR) is 71.3 cm³/mol. The number of piperidine rings is 1. The van der Waals surface area contributed by atoms with Crippen LogP contribution in [0.15, 0.2) is 12.1 Å². The van der Waals surface area contributed by atoms with Gasteiger partial charge in [0.05, 0.1) is 11.8 Å². The van der Waals surface area contributed by atoms with Crippen LogP contribution in [0.1, 0.15) is 23.7 Å². The Labute approximate surface area is 116 Å². The summed E-state index contributed by atoms with van der Waals surface area (Å²) in [6, 6.07) is 2.11. The van der Waals surface area contributed by atoms with E-state index >= 15 is 0 Å². The second kappa shape index (κ2) is 5.75. The highest BCUT2D eigenvalue weighted by Crippen LogP contribution is 2.24. The van der Waals surface area contributed by atoms with Crippen LogP contribution in [-0.2, 0) is 4.74 Å². The molecule has 2 rings (SSSR count). The Morgan fingerprint density at radius 1 is 1.45 bits per heavy atom. The Balaban J connectivity index is 2.26. The molecule has 1 heterocycles. The Morgan fingerprint density at radius 3 is 2.80 bits per heavy atom. The van der Waals surface area contributed by atoms with Gasteiger partial charge >= 0.3 is 0 Å². The Morgan fingerprint density at radius 2 is 2.15 bits per heavy atom. The fourth-order valence-corrected chi connectivity index (χ4v) is 2.45. The van der Waals surface area contributed by atoms with Gasteiger partial charge in [-0.1, -0.05) is 6.92 Å². The number of hydrogen-bond acceptors (Lipinski definition) is 3. The van der Waals surface area contributed by atoms with Crippen LogP contribution in [0.25, 0.3) is 0 Å². The average Bonchev–Trinajstić information content (AvgIpc) is 2.43. The van der Waals surface area contributed by atoms with Crippen molar-refractivity contribution >= 4 is 11.6 Å². The van der Waals surface area contributed by atoms with Crippen LogP contribution in [0.4, 0.5) is 14.5 Å². The fraction of sp³-hybridized carbons (Fsp3) is 0.500. The number of methoxy groups -OCH3 is 1. The molecule has 110 valence electrons. The van der Waals surface area contributed by atoms with Gasteiger partial charge in [0.25, 0.3) is 5.91 Å². The van der Waals surface area contributed by atoms with Crippen molar-refractivity contribution in [1.29, 1.82) is 0 Å². The average molecular weight is 284 g/mol. The largest absolute Gasteiger partial charge is 0.396 e. The molecule has 0 radical (unpaired) electrons. The molecule has 2 N–H and O–H groups in total. The van der Waals surface area contributed by atoms with E-state index in [9.17, 15) is 13.6 Å². The van der Waals surface area contributed by atoms with E-state index in [2.05, 4.69) is 0 Å². The fourth-order valence-electron chi connectivity index (χ4n) is 2.45. The van der Waals surface area contributed by atoms with Crippen molar-refractivity contribution in [3.8, 4) is 0 Å². The van der Waals surface area contributed by atoms with Crippen LogP contribution in [0.2, 0.25) is 0 Å². The monoisotopic (exact) mass is 284 g/mol. The zero-order chi connectivity index (χ0) is 14.9. The summed E-state index contributed by atoms with van der Waals surface area (Å²) in [7, 11) is 1.57. The topological polar surface area (TPSA) is 55.6 Å². The summed E-state index contributed by atoms with van der Waals surface area (Å²) in [5, 5.41) is 0. The molecule has 1 amide bonds. The van der Waals surface area contributed by atoms with Gasteiger partial charge in [0.1, 0.15) is 11.4 Å². The van der Waals surface area contributed by atoms with Crippen LogP contribution < -0.4 is 5.73 Å². The first kappa shape index (κ1) is 14.7. The number of nitrogens with zero attached hydrogens (tertiary/aromatic N) is 1. The van der Waals surface area contributed by atoms with Crippen molar-refractivity contribution < 1.29 is 18.3 Å². The first-order valence-electron chi connectivity index (χ1n) is 6.51. The number of amides is 1. The molecule has 2 unspecified atom stereocenters. The summed E-state index contributed by atoms with van der Waals surface area (Å²) in [6.07, 6.45) is 0.607. The molecule has 20 heavy (non-hydrogen) atoms. The van der Waals surface area contributed by atoms with Crippen molar-refractivity contribution in [1.82, 2.24) is 4.90 Å². The van der Waals surface area contributed by atoms with Crippen LogP contribution in [0, 0.1) is 17.6 Å². The lowest BCUT2D eigenvalue weighted by atomic mass is 9.95. The van der Waals surface area contributed by atoms with Crippen LogP contribution >= 0.6 is 0 Å². The maximum absolute atomic E-state index is 13.9. The lowest BCUT2D eigenvalue weighted by Crippen LogP contribution is -2.47. The number of ether oxygens (including phenoxy) is 1. The number of likely N-dealkylation sites (tertiary alicyclic amines) is 1. The molecule has 1 aromatic carbocycles. The molecule has 6 heteroatoms. The van der Waals surface area contributed by atoms with Crippen molar-refractivity contribution in [2.45, 2.75) is 19.4 Å². The third-order valence-corrected chi connectivity index (χ3v) is 3.81. The van der Waals surface area contributed by atoms with Gasteiger partial charge < -0.3 is 15.4 Å². The van der Waals surface area contributed by atoms with Gasteiger partial charge in [-0.15, -0.1) is 0 Å². The molecule has 2 atom stereocenters. The van der Waals surface area contributed by atoms with Crippen LogP contribution in [-0.4, -0.2) is 37.1 Å². The molecule has 1 aliphatic rings. The third kappa shape index (κ3) is 2.60. The maximum atomic E-state index is 13.9. The van der Waals surface area contributed by atoms with E-state index < -0.39 is 23.1 Å². The molecule has 0 saturated carbocycles. The molecule has 1 saturated heterocycles. The Hall–Kier alpha value is -1.69. The summed E-state index contributed by atoms with van der Waals surface area (Å²) in [4.78, 5) is 13.7. The second-order valence-corrected chi connectivity index (χ2v) is 5.12. The lowest BCUT2D eigenvalue weighted by Gasteiger charge is -2.36. The first-order chi connectivity index (χ1) is 9.45. The second-order valence-electron chi connectivity index (χ2n) is 5.12. The van der Waals surface area contributed by atoms with Gasteiger partial charge in [0.2, 0.25) is 0 Å². The highest BCUT2D eigenvalue weighted by molar-refractivity contribution is 5.95. The molecule has 0 bridgehead atoms. The molecular formula is C14H18F2N2O2. The Bertz CT molecular complexity index is 522. The highest BCUT2D eigenvalue weighted by Gasteiger charge is 2.32. The number of benzene rings is 1. The number of anilines is 1. The minimum absolute atomic E-state index is 0.125. The summed E-state index contributed by atoms with van der Waals surface area (Å²) in [5.41, 5.74) is 4.57. The zero-order valence-electron chi connectivity index (χ0n) is 11.5. The zero-order valence-corrected chi connectivity index (χ0v) is 11.5. The molecule has 4 nitrogen and oxygen atoms in total. The summed E-state index contributed by atoms with van der Waals surface area (Å²) >= 11 is 0. The minimum Gasteiger partial charge on any atom is -0.396 e. The van der Waals surface area contributed by atoms with E-state index in [1.54, 1.807) is 7.11 Å². The quantitative estimate of drug-likeness (QED) is 0.846. The van der Waals surface area contributed by atoms with Gasteiger partial charge in [0.15, 0.2) is 5.82 Å². The van der Waals surface area contributed by atoms with E-state index in [0.717, 1.165) is 18.6 Å². The van der Waals surface area contributed by atoms with Crippen molar-refractivity contribution in [3.63, 3.8) is 0 Å². The number of carbonyl (C=O) groups excluding carboxylic acids is 1. The number of carbonyl (C=O) groups is 1. The molecule has 0 aromatic heterocycles.